The summed E-state index contributed by atoms with van der Waals surface area (Å²) >= 11 is 0. The molecule has 0 bridgehead atoms. The van der Waals surface area contributed by atoms with Gasteiger partial charge in [0, 0.05) is 25.1 Å². The topological polar surface area (TPSA) is 46.6 Å². The normalized spacial score (nSPS) is 10.4. The Bertz CT molecular complexity index is 880. The number of ketones is 1. The van der Waals surface area contributed by atoms with E-state index in [0.717, 1.165) is 11.1 Å². The first-order valence-electron chi connectivity index (χ1n) is 9.77. The fourth-order valence-electron chi connectivity index (χ4n) is 3.02. The fourth-order valence-corrected chi connectivity index (χ4v) is 3.02. The van der Waals surface area contributed by atoms with E-state index in [9.17, 15) is 9.59 Å². The number of nitrogens with zero attached hydrogens (tertiary/aromatic N) is 1. The van der Waals surface area contributed by atoms with Crippen LogP contribution in [0.2, 0.25) is 0 Å². The molecule has 0 heterocycles. The molecule has 0 aliphatic heterocycles. The molecule has 0 radical (unpaired) electrons. The van der Waals surface area contributed by atoms with Crippen LogP contribution in [0.3, 0.4) is 0 Å². The van der Waals surface area contributed by atoms with Gasteiger partial charge in [0.15, 0.2) is 12.4 Å². The third kappa shape index (κ3) is 6.04. The summed E-state index contributed by atoms with van der Waals surface area (Å²) in [7, 11) is 0. The SMILES string of the molecule is CCC(=O)c1ccc(OCC(=O)N(Cc2ccccc2)Cc2ccccc2)cc1. The Balaban J connectivity index is 1.66. The van der Waals surface area contributed by atoms with Crippen molar-refractivity contribution < 1.29 is 14.3 Å². The number of ether oxygens (including phenoxy) is 1. The second-order valence-electron chi connectivity index (χ2n) is 6.81. The fraction of sp³-hybridized carbons (Fsp3) is 0.200. The smallest absolute Gasteiger partial charge is 0.261 e. The Kier molecular flexibility index (Phi) is 7.17. The van der Waals surface area contributed by atoms with Gasteiger partial charge in [0.25, 0.3) is 5.91 Å². The Morgan fingerprint density at radius 1 is 0.759 bits per heavy atom. The van der Waals surface area contributed by atoms with Crippen LogP contribution in [-0.2, 0) is 17.9 Å². The van der Waals surface area contributed by atoms with Gasteiger partial charge in [-0.25, -0.2) is 0 Å². The van der Waals surface area contributed by atoms with Crippen molar-refractivity contribution in [1.29, 1.82) is 0 Å². The highest BCUT2D eigenvalue weighted by Gasteiger charge is 2.16. The van der Waals surface area contributed by atoms with Crippen molar-refractivity contribution in [3.63, 3.8) is 0 Å². The molecule has 0 fully saturated rings. The van der Waals surface area contributed by atoms with Gasteiger partial charge in [0.1, 0.15) is 5.75 Å². The molecule has 3 rings (SSSR count). The summed E-state index contributed by atoms with van der Waals surface area (Å²) in [6.07, 6.45) is 0.465. The van der Waals surface area contributed by atoms with E-state index in [-0.39, 0.29) is 18.3 Å². The molecule has 3 aromatic rings. The van der Waals surface area contributed by atoms with Crippen LogP contribution in [0.15, 0.2) is 84.9 Å². The van der Waals surface area contributed by atoms with Crippen LogP contribution in [0, 0.1) is 0 Å². The molecule has 0 saturated carbocycles. The zero-order chi connectivity index (χ0) is 20.5. The second kappa shape index (κ2) is 10.2. The molecule has 0 N–H and O–H groups in total. The Labute approximate surface area is 171 Å². The van der Waals surface area contributed by atoms with Gasteiger partial charge >= 0.3 is 0 Å². The minimum atomic E-state index is -0.0913. The van der Waals surface area contributed by atoms with Crippen LogP contribution in [-0.4, -0.2) is 23.2 Å². The average Bonchev–Trinajstić information content (AvgIpc) is 2.78. The number of carbonyl (C=O) groups excluding carboxylic acids is 2. The zero-order valence-electron chi connectivity index (χ0n) is 16.6. The molecule has 0 spiro atoms. The second-order valence-corrected chi connectivity index (χ2v) is 6.81. The first-order chi connectivity index (χ1) is 14.2. The van der Waals surface area contributed by atoms with Crippen molar-refractivity contribution in [2.24, 2.45) is 0 Å². The highest BCUT2D eigenvalue weighted by atomic mass is 16.5. The lowest BCUT2D eigenvalue weighted by molar-refractivity contribution is -0.134. The standard InChI is InChI=1S/C25H25NO3/c1-2-24(27)22-13-15-23(16-14-22)29-19-25(28)26(17-20-9-5-3-6-10-20)18-21-11-7-4-8-12-21/h3-16H,2,17-19H2,1H3. The minimum absolute atomic E-state index is 0.0548. The highest BCUT2D eigenvalue weighted by molar-refractivity contribution is 5.95. The number of benzene rings is 3. The molecule has 0 aliphatic carbocycles. The molecule has 0 aromatic heterocycles. The molecule has 1 amide bonds. The van der Waals surface area contributed by atoms with E-state index in [0.29, 0.717) is 30.8 Å². The summed E-state index contributed by atoms with van der Waals surface area (Å²) < 4.78 is 5.69. The summed E-state index contributed by atoms with van der Waals surface area (Å²) in [4.78, 5) is 26.4. The van der Waals surface area contributed by atoms with Crippen molar-refractivity contribution in [1.82, 2.24) is 4.90 Å². The third-order valence-corrected chi connectivity index (χ3v) is 4.64. The molecular formula is C25H25NO3. The quantitative estimate of drug-likeness (QED) is 0.491. The van der Waals surface area contributed by atoms with Gasteiger partial charge in [-0.3, -0.25) is 9.59 Å². The lowest BCUT2D eigenvalue weighted by Gasteiger charge is -2.23. The van der Waals surface area contributed by atoms with Gasteiger partial charge in [-0.1, -0.05) is 67.6 Å². The van der Waals surface area contributed by atoms with Crippen LogP contribution in [0.4, 0.5) is 0 Å². The predicted octanol–water partition coefficient (Wildman–Crippen LogP) is 4.89. The molecular weight excluding hydrogens is 362 g/mol. The molecule has 4 nitrogen and oxygen atoms in total. The number of hydrogen-bond donors (Lipinski definition) is 0. The summed E-state index contributed by atoms with van der Waals surface area (Å²) in [5, 5.41) is 0. The van der Waals surface area contributed by atoms with E-state index in [2.05, 4.69) is 0 Å². The summed E-state index contributed by atoms with van der Waals surface area (Å²) in [5.41, 5.74) is 2.79. The summed E-state index contributed by atoms with van der Waals surface area (Å²) in [6, 6.07) is 26.8. The van der Waals surface area contributed by atoms with E-state index >= 15 is 0 Å². The molecule has 0 atom stereocenters. The van der Waals surface area contributed by atoms with Gasteiger partial charge in [0.05, 0.1) is 0 Å². The molecule has 0 unspecified atom stereocenters. The van der Waals surface area contributed by atoms with E-state index < -0.39 is 0 Å². The molecule has 0 aliphatic rings. The molecule has 29 heavy (non-hydrogen) atoms. The zero-order valence-corrected chi connectivity index (χ0v) is 16.6. The number of Topliss-reactive ketones (excluding diaryl/α,β-unsaturated/α-hetero) is 1. The van der Waals surface area contributed by atoms with Crippen LogP contribution in [0.1, 0.15) is 34.8 Å². The first-order valence-corrected chi connectivity index (χ1v) is 9.77. The van der Waals surface area contributed by atoms with Crippen molar-refractivity contribution in [3.8, 4) is 5.75 Å². The van der Waals surface area contributed by atoms with Crippen LogP contribution < -0.4 is 4.74 Å². The van der Waals surface area contributed by atoms with Gasteiger partial charge in [-0.2, -0.15) is 0 Å². The van der Waals surface area contributed by atoms with E-state index in [1.54, 1.807) is 29.2 Å². The van der Waals surface area contributed by atoms with Crippen LogP contribution >= 0.6 is 0 Å². The Morgan fingerprint density at radius 3 is 1.76 bits per heavy atom. The molecule has 3 aromatic carbocycles. The lowest BCUT2D eigenvalue weighted by Crippen LogP contribution is -2.34. The lowest BCUT2D eigenvalue weighted by atomic mass is 10.1. The monoisotopic (exact) mass is 387 g/mol. The minimum Gasteiger partial charge on any atom is -0.484 e. The van der Waals surface area contributed by atoms with E-state index in [1.165, 1.54) is 0 Å². The van der Waals surface area contributed by atoms with E-state index in [1.807, 2.05) is 67.6 Å². The maximum absolute atomic E-state index is 12.9. The number of amides is 1. The van der Waals surface area contributed by atoms with Gasteiger partial charge in [-0.15, -0.1) is 0 Å². The molecule has 4 heteroatoms. The summed E-state index contributed by atoms with van der Waals surface area (Å²) in [6.45, 7) is 2.81. The van der Waals surface area contributed by atoms with E-state index in [4.69, 9.17) is 4.74 Å². The predicted molar refractivity (Wildman–Crippen MR) is 114 cm³/mol. The molecule has 148 valence electrons. The maximum atomic E-state index is 12.9. The van der Waals surface area contributed by atoms with Gasteiger partial charge in [0.2, 0.25) is 0 Å². The number of rotatable bonds is 9. The van der Waals surface area contributed by atoms with Crippen molar-refractivity contribution in [3.05, 3.63) is 102 Å². The first kappa shape index (κ1) is 20.3. The number of hydrogen-bond acceptors (Lipinski definition) is 3. The average molecular weight is 387 g/mol. The van der Waals surface area contributed by atoms with Crippen molar-refractivity contribution in [2.45, 2.75) is 26.4 Å². The third-order valence-electron chi connectivity index (χ3n) is 4.64. The highest BCUT2D eigenvalue weighted by Crippen LogP contribution is 2.15. The maximum Gasteiger partial charge on any atom is 0.261 e. The molecule has 0 saturated heterocycles. The van der Waals surface area contributed by atoms with Crippen LogP contribution in [0.5, 0.6) is 5.75 Å². The Hall–Kier alpha value is -3.40. The largest absolute Gasteiger partial charge is 0.484 e. The van der Waals surface area contributed by atoms with Gasteiger partial charge in [-0.05, 0) is 35.4 Å². The van der Waals surface area contributed by atoms with Crippen molar-refractivity contribution in [2.75, 3.05) is 6.61 Å². The number of carbonyl (C=O) groups is 2. The summed E-state index contributed by atoms with van der Waals surface area (Å²) in [5.74, 6) is 0.571. The van der Waals surface area contributed by atoms with Gasteiger partial charge < -0.3 is 9.64 Å². The Morgan fingerprint density at radius 2 is 1.28 bits per heavy atom. The van der Waals surface area contributed by atoms with Crippen molar-refractivity contribution >= 4 is 11.7 Å². The van der Waals surface area contributed by atoms with Crippen LogP contribution in [0.25, 0.3) is 0 Å².